The second-order valence-corrected chi connectivity index (χ2v) is 5.52. The summed E-state index contributed by atoms with van der Waals surface area (Å²) in [5, 5.41) is 0. The van der Waals surface area contributed by atoms with Crippen LogP contribution in [0.1, 0.15) is 30.1 Å². The largest absolute Gasteiger partial charge is 0.497 e. The molecule has 2 N–H and O–H groups in total. The Morgan fingerprint density at radius 3 is 2.91 bits per heavy atom. The van der Waals surface area contributed by atoms with E-state index in [4.69, 9.17) is 4.74 Å². The molecule has 1 saturated heterocycles. The summed E-state index contributed by atoms with van der Waals surface area (Å²) < 4.78 is 5.29. The summed E-state index contributed by atoms with van der Waals surface area (Å²) in [6, 6.07) is 9.77. The van der Waals surface area contributed by atoms with Crippen LogP contribution in [0.15, 0.2) is 39.9 Å². The van der Waals surface area contributed by atoms with Crippen LogP contribution in [-0.4, -0.2) is 28.5 Å². The van der Waals surface area contributed by atoms with Crippen LogP contribution in [0, 0.1) is 0 Å². The van der Waals surface area contributed by atoms with E-state index in [0.717, 1.165) is 25.1 Å². The first-order chi connectivity index (χ1) is 10.7. The van der Waals surface area contributed by atoms with E-state index in [0.29, 0.717) is 12.2 Å². The Morgan fingerprint density at radius 1 is 1.27 bits per heavy atom. The average molecular weight is 301 g/mol. The van der Waals surface area contributed by atoms with Gasteiger partial charge in [0.05, 0.1) is 7.11 Å². The van der Waals surface area contributed by atoms with E-state index >= 15 is 0 Å². The smallest absolute Gasteiger partial charge is 0.325 e. The third kappa shape index (κ3) is 3.12. The van der Waals surface area contributed by atoms with E-state index in [1.54, 1.807) is 7.11 Å². The van der Waals surface area contributed by atoms with E-state index in [9.17, 15) is 9.59 Å². The molecule has 1 aromatic carbocycles. The number of likely N-dealkylation sites (tertiary alicyclic amines) is 1. The van der Waals surface area contributed by atoms with Crippen LogP contribution in [-0.2, 0) is 6.54 Å². The number of hydrogen-bond acceptors (Lipinski definition) is 4. The summed E-state index contributed by atoms with van der Waals surface area (Å²) in [7, 11) is 1.66. The lowest BCUT2D eigenvalue weighted by molar-refractivity contribution is 0.244. The zero-order chi connectivity index (χ0) is 15.5. The van der Waals surface area contributed by atoms with Gasteiger partial charge >= 0.3 is 5.69 Å². The maximum Gasteiger partial charge on any atom is 0.325 e. The molecule has 6 nitrogen and oxygen atoms in total. The lowest BCUT2D eigenvalue weighted by atomic mass is 10.0. The molecule has 0 radical (unpaired) electrons. The number of rotatable bonds is 4. The van der Waals surface area contributed by atoms with Crippen LogP contribution < -0.4 is 16.0 Å². The molecular formula is C16H19N3O3. The van der Waals surface area contributed by atoms with Gasteiger partial charge in [-0.1, -0.05) is 12.1 Å². The van der Waals surface area contributed by atoms with Crippen LogP contribution in [0.5, 0.6) is 5.75 Å². The fourth-order valence-corrected chi connectivity index (χ4v) is 3.07. The quantitative estimate of drug-likeness (QED) is 0.895. The monoisotopic (exact) mass is 301 g/mol. The van der Waals surface area contributed by atoms with Gasteiger partial charge in [0, 0.05) is 24.3 Å². The fourth-order valence-electron chi connectivity index (χ4n) is 3.07. The van der Waals surface area contributed by atoms with E-state index in [2.05, 4.69) is 20.9 Å². The molecule has 0 saturated carbocycles. The zero-order valence-electron chi connectivity index (χ0n) is 12.5. The van der Waals surface area contributed by atoms with Gasteiger partial charge < -0.3 is 9.72 Å². The first-order valence-electron chi connectivity index (χ1n) is 7.36. The van der Waals surface area contributed by atoms with Crippen molar-refractivity contribution in [3.63, 3.8) is 0 Å². The van der Waals surface area contributed by atoms with E-state index < -0.39 is 5.69 Å². The van der Waals surface area contributed by atoms with E-state index in [-0.39, 0.29) is 11.6 Å². The Bertz CT molecular complexity index is 737. The number of H-pyrrole nitrogens is 2. The number of aromatic nitrogens is 2. The van der Waals surface area contributed by atoms with Crippen molar-refractivity contribution in [2.45, 2.75) is 25.4 Å². The third-order valence-corrected chi connectivity index (χ3v) is 4.03. The van der Waals surface area contributed by atoms with Crippen LogP contribution in [0.25, 0.3) is 0 Å². The molecule has 0 unspecified atom stereocenters. The van der Waals surface area contributed by atoms with Crippen LogP contribution in [0.3, 0.4) is 0 Å². The minimum atomic E-state index is -0.459. The van der Waals surface area contributed by atoms with Crippen molar-refractivity contribution >= 4 is 0 Å². The second-order valence-electron chi connectivity index (χ2n) is 5.52. The summed E-state index contributed by atoms with van der Waals surface area (Å²) >= 11 is 0. The van der Waals surface area contributed by atoms with Crippen molar-refractivity contribution in [1.82, 2.24) is 14.9 Å². The summed E-state index contributed by atoms with van der Waals surface area (Å²) in [5.74, 6) is 0.842. The van der Waals surface area contributed by atoms with Gasteiger partial charge in [0.25, 0.3) is 5.56 Å². The van der Waals surface area contributed by atoms with Crippen molar-refractivity contribution in [3.05, 3.63) is 62.4 Å². The molecule has 1 aliphatic rings. The molecule has 0 amide bonds. The molecule has 2 heterocycles. The lowest BCUT2D eigenvalue weighted by Gasteiger charge is -2.24. The molecule has 6 heteroatoms. The van der Waals surface area contributed by atoms with Gasteiger partial charge in [0.2, 0.25) is 0 Å². The number of benzene rings is 1. The highest BCUT2D eigenvalue weighted by Gasteiger charge is 2.26. The number of hydrogen-bond donors (Lipinski definition) is 2. The van der Waals surface area contributed by atoms with Crippen LogP contribution >= 0.6 is 0 Å². The maximum atomic E-state index is 11.4. The molecule has 2 aromatic rings. The minimum Gasteiger partial charge on any atom is -0.497 e. The molecule has 116 valence electrons. The molecule has 22 heavy (non-hydrogen) atoms. The standard InChI is InChI=1S/C16H19N3O3/c1-22-13-5-2-4-11(8-13)14-6-3-7-19(14)10-12-9-15(20)18-16(21)17-12/h2,4-5,8-9,14H,3,6-7,10H2,1H3,(H2,17,18,20,21)/t14-/m1/s1. The van der Waals surface area contributed by atoms with Gasteiger partial charge in [-0.25, -0.2) is 4.79 Å². The highest BCUT2D eigenvalue weighted by molar-refractivity contribution is 5.31. The van der Waals surface area contributed by atoms with Gasteiger partial charge in [-0.15, -0.1) is 0 Å². The maximum absolute atomic E-state index is 11.4. The Labute approximate surface area is 127 Å². The third-order valence-electron chi connectivity index (χ3n) is 4.03. The lowest BCUT2D eigenvalue weighted by Crippen LogP contribution is -2.28. The van der Waals surface area contributed by atoms with Gasteiger partial charge in [-0.05, 0) is 37.1 Å². The van der Waals surface area contributed by atoms with Crippen molar-refractivity contribution in [3.8, 4) is 5.75 Å². The Kier molecular flexibility index (Phi) is 4.11. The zero-order valence-corrected chi connectivity index (χ0v) is 12.5. The molecular weight excluding hydrogens is 282 g/mol. The normalized spacial score (nSPS) is 18.5. The Hall–Kier alpha value is -2.34. The summed E-state index contributed by atoms with van der Waals surface area (Å²) in [5.41, 5.74) is 1.02. The van der Waals surface area contributed by atoms with Gasteiger partial charge in [0.15, 0.2) is 0 Å². The Balaban J connectivity index is 1.83. The minimum absolute atomic E-state index is 0.276. The molecule has 0 bridgehead atoms. The SMILES string of the molecule is COc1cccc([C@H]2CCCN2Cc2cc(=O)[nH]c(=O)[nH]2)c1. The van der Waals surface area contributed by atoms with Crippen LogP contribution in [0.2, 0.25) is 0 Å². The topological polar surface area (TPSA) is 78.2 Å². The fraction of sp³-hybridized carbons (Fsp3) is 0.375. The number of nitrogens with zero attached hydrogens (tertiary/aromatic N) is 1. The number of nitrogens with one attached hydrogen (secondary N) is 2. The predicted octanol–water partition coefficient (Wildman–Crippen LogP) is 1.41. The molecule has 1 aromatic heterocycles. The van der Waals surface area contributed by atoms with Gasteiger partial charge in [-0.3, -0.25) is 14.7 Å². The van der Waals surface area contributed by atoms with Crippen molar-refractivity contribution in [2.24, 2.45) is 0 Å². The Morgan fingerprint density at radius 2 is 2.14 bits per heavy atom. The molecule has 1 fully saturated rings. The van der Waals surface area contributed by atoms with E-state index in [1.165, 1.54) is 11.6 Å². The summed E-state index contributed by atoms with van der Waals surface area (Å²) in [4.78, 5) is 29.9. The predicted molar refractivity (Wildman–Crippen MR) is 83.1 cm³/mol. The molecule has 0 aliphatic carbocycles. The second kappa shape index (κ2) is 6.19. The van der Waals surface area contributed by atoms with Crippen molar-refractivity contribution in [2.75, 3.05) is 13.7 Å². The molecule has 0 spiro atoms. The molecule has 1 aliphatic heterocycles. The summed E-state index contributed by atoms with van der Waals surface area (Å²) in [6.45, 7) is 1.50. The first-order valence-corrected chi connectivity index (χ1v) is 7.36. The van der Waals surface area contributed by atoms with E-state index in [1.807, 2.05) is 18.2 Å². The van der Waals surface area contributed by atoms with Crippen molar-refractivity contribution in [1.29, 1.82) is 0 Å². The highest BCUT2D eigenvalue weighted by atomic mass is 16.5. The average Bonchev–Trinajstić information content (AvgIpc) is 2.94. The molecule has 3 rings (SSSR count). The number of ether oxygens (including phenoxy) is 1. The van der Waals surface area contributed by atoms with Gasteiger partial charge in [0.1, 0.15) is 5.75 Å². The van der Waals surface area contributed by atoms with Gasteiger partial charge in [-0.2, -0.15) is 0 Å². The number of aromatic amines is 2. The van der Waals surface area contributed by atoms with Crippen molar-refractivity contribution < 1.29 is 4.74 Å². The van der Waals surface area contributed by atoms with Crippen LogP contribution in [0.4, 0.5) is 0 Å². The first kappa shape index (κ1) is 14.6. The summed E-state index contributed by atoms with van der Waals surface area (Å²) in [6.07, 6.45) is 2.15. The number of methoxy groups -OCH3 is 1. The molecule has 1 atom stereocenters. The highest BCUT2D eigenvalue weighted by Crippen LogP contribution is 2.34.